The van der Waals surface area contributed by atoms with Crippen LogP contribution < -0.4 is 0 Å². The van der Waals surface area contributed by atoms with E-state index in [1.165, 1.54) is 6.42 Å². The molecule has 23 heavy (non-hydrogen) atoms. The number of likely N-dealkylation sites (tertiary alicyclic amines) is 1. The monoisotopic (exact) mass is 318 g/mol. The Balaban J connectivity index is 1.84. The van der Waals surface area contributed by atoms with Gasteiger partial charge in [0, 0.05) is 24.6 Å². The number of hydrogen-bond donors (Lipinski definition) is 0. The van der Waals surface area contributed by atoms with Gasteiger partial charge < -0.3 is 9.42 Å². The molecule has 0 N–H and O–H groups in total. The van der Waals surface area contributed by atoms with Gasteiger partial charge in [0.25, 0.3) is 5.91 Å². The molecule has 1 aliphatic carbocycles. The smallest absolute Gasteiger partial charge is 0.276 e. The van der Waals surface area contributed by atoms with Gasteiger partial charge in [-0.1, -0.05) is 32.9 Å². The first-order valence-corrected chi connectivity index (χ1v) is 9.20. The molecule has 0 bridgehead atoms. The summed E-state index contributed by atoms with van der Waals surface area (Å²) in [5, 5.41) is 4.19. The Morgan fingerprint density at radius 2 is 2.09 bits per heavy atom. The number of carbonyl (C=O) groups excluding carboxylic acids is 1. The maximum atomic E-state index is 13.1. The molecule has 0 aromatic carbocycles. The first kappa shape index (κ1) is 16.5. The zero-order chi connectivity index (χ0) is 16.6. The second kappa shape index (κ2) is 6.29. The molecular formula is C19H30N2O2. The minimum absolute atomic E-state index is 0.0936. The highest BCUT2D eigenvalue weighted by molar-refractivity contribution is 5.94. The number of amides is 1. The Kier molecular flexibility index (Phi) is 4.52. The summed E-state index contributed by atoms with van der Waals surface area (Å²) in [5.74, 6) is 1.62. The van der Waals surface area contributed by atoms with Crippen LogP contribution in [-0.2, 0) is 12.8 Å². The lowest BCUT2D eigenvalue weighted by molar-refractivity contribution is 0.0596. The van der Waals surface area contributed by atoms with Gasteiger partial charge in [-0.2, -0.15) is 0 Å². The molecular weight excluding hydrogens is 288 g/mol. The van der Waals surface area contributed by atoms with E-state index >= 15 is 0 Å². The fraction of sp³-hybridized carbons (Fsp3) is 0.789. The number of carbonyl (C=O) groups is 1. The van der Waals surface area contributed by atoms with Crippen LogP contribution in [0.15, 0.2) is 4.52 Å². The van der Waals surface area contributed by atoms with Crippen LogP contribution in [0, 0.1) is 11.3 Å². The Hall–Kier alpha value is -1.32. The fourth-order valence-corrected chi connectivity index (χ4v) is 4.14. The highest BCUT2D eigenvalue weighted by Gasteiger charge is 2.36. The molecule has 3 rings (SSSR count). The largest absolute Gasteiger partial charge is 0.360 e. The lowest BCUT2D eigenvalue weighted by atomic mass is 9.71. The maximum absolute atomic E-state index is 13.1. The zero-order valence-electron chi connectivity index (χ0n) is 15.0. The first-order valence-electron chi connectivity index (χ1n) is 9.20. The second-order valence-corrected chi connectivity index (χ2v) is 8.30. The highest BCUT2D eigenvalue weighted by Crippen LogP contribution is 2.38. The average Bonchev–Trinajstić information content (AvgIpc) is 2.96. The lowest BCUT2D eigenvalue weighted by Crippen LogP contribution is -2.44. The summed E-state index contributed by atoms with van der Waals surface area (Å²) in [7, 11) is 0. The average molecular weight is 318 g/mol. The van der Waals surface area contributed by atoms with Gasteiger partial charge in [-0.3, -0.25) is 4.79 Å². The third kappa shape index (κ3) is 3.17. The summed E-state index contributed by atoms with van der Waals surface area (Å²) in [4.78, 5) is 15.1. The van der Waals surface area contributed by atoms with Crippen molar-refractivity contribution in [1.82, 2.24) is 10.1 Å². The van der Waals surface area contributed by atoms with Crippen molar-refractivity contribution < 1.29 is 9.32 Å². The molecule has 2 unspecified atom stereocenters. The molecule has 2 aliphatic rings. The third-order valence-electron chi connectivity index (χ3n) is 5.83. The van der Waals surface area contributed by atoms with E-state index < -0.39 is 0 Å². The molecule has 1 aromatic heterocycles. The SMILES string of the molecule is CCC1CCCCN1C(=O)c1noc2c1CC(C(C)(C)C)CC2. The normalized spacial score (nSPS) is 25.3. The summed E-state index contributed by atoms with van der Waals surface area (Å²) in [5.41, 5.74) is 1.93. The van der Waals surface area contributed by atoms with Gasteiger partial charge in [-0.05, 0) is 49.9 Å². The van der Waals surface area contributed by atoms with E-state index in [4.69, 9.17) is 4.52 Å². The van der Waals surface area contributed by atoms with E-state index in [1.807, 2.05) is 4.90 Å². The van der Waals surface area contributed by atoms with Crippen LogP contribution in [0.2, 0.25) is 0 Å². The molecule has 1 aromatic rings. The van der Waals surface area contributed by atoms with Crippen molar-refractivity contribution >= 4 is 5.91 Å². The molecule has 2 heterocycles. The molecule has 1 aliphatic heterocycles. The van der Waals surface area contributed by atoms with Crippen molar-refractivity contribution in [3.8, 4) is 0 Å². The molecule has 1 saturated heterocycles. The van der Waals surface area contributed by atoms with E-state index in [1.54, 1.807) is 0 Å². The van der Waals surface area contributed by atoms with Gasteiger partial charge in [0.1, 0.15) is 5.76 Å². The molecule has 1 amide bonds. The third-order valence-corrected chi connectivity index (χ3v) is 5.83. The molecule has 128 valence electrons. The number of piperidine rings is 1. The minimum atomic E-state index is 0.0936. The zero-order valence-corrected chi connectivity index (χ0v) is 15.0. The van der Waals surface area contributed by atoms with Crippen LogP contribution in [0.3, 0.4) is 0 Å². The van der Waals surface area contributed by atoms with E-state index in [2.05, 4.69) is 32.9 Å². The van der Waals surface area contributed by atoms with Crippen molar-refractivity contribution in [3.05, 3.63) is 17.0 Å². The van der Waals surface area contributed by atoms with E-state index in [0.29, 0.717) is 17.7 Å². The van der Waals surface area contributed by atoms with Crippen molar-refractivity contribution in [2.45, 2.75) is 78.7 Å². The number of rotatable bonds is 2. The summed E-state index contributed by atoms with van der Waals surface area (Å²) >= 11 is 0. The maximum Gasteiger partial charge on any atom is 0.276 e. The number of aromatic nitrogens is 1. The van der Waals surface area contributed by atoms with Crippen molar-refractivity contribution in [3.63, 3.8) is 0 Å². The summed E-state index contributed by atoms with van der Waals surface area (Å²) in [6.45, 7) is 9.89. The molecule has 0 saturated carbocycles. The number of nitrogens with zero attached hydrogens (tertiary/aromatic N) is 2. The molecule has 4 heteroatoms. The van der Waals surface area contributed by atoms with E-state index in [0.717, 1.165) is 56.4 Å². The van der Waals surface area contributed by atoms with Crippen LogP contribution in [0.5, 0.6) is 0 Å². The van der Waals surface area contributed by atoms with Crippen LogP contribution >= 0.6 is 0 Å². The quantitative estimate of drug-likeness (QED) is 0.819. The van der Waals surface area contributed by atoms with Crippen molar-refractivity contribution in [2.75, 3.05) is 6.54 Å². The first-order chi connectivity index (χ1) is 10.9. The van der Waals surface area contributed by atoms with E-state index in [-0.39, 0.29) is 11.3 Å². The predicted octanol–water partition coefficient (Wildman–Crippen LogP) is 4.23. The Labute approximate surface area is 139 Å². The van der Waals surface area contributed by atoms with Crippen LogP contribution in [-0.4, -0.2) is 28.6 Å². The number of aryl methyl sites for hydroxylation is 1. The van der Waals surface area contributed by atoms with Crippen LogP contribution in [0.25, 0.3) is 0 Å². The Bertz CT molecular complexity index is 570. The Morgan fingerprint density at radius 1 is 1.30 bits per heavy atom. The van der Waals surface area contributed by atoms with Gasteiger partial charge >= 0.3 is 0 Å². The molecule has 2 atom stereocenters. The Morgan fingerprint density at radius 3 is 2.78 bits per heavy atom. The van der Waals surface area contributed by atoms with Gasteiger partial charge in [-0.15, -0.1) is 0 Å². The van der Waals surface area contributed by atoms with Gasteiger partial charge in [0.15, 0.2) is 5.69 Å². The predicted molar refractivity (Wildman–Crippen MR) is 90.4 cm³/mol. The summed E-state index contributed by atoms with van der Waals surface area (Å²) in [6, 6.07) is 0.366. The van der Waals surface area contributed by atoms with Crippen molar-refractivity contribution in [2.24, 2.45) is 11.3 Å². The van der Waals surface area contributed by atoms with Gasteiger partial charge in [0.2, 0.25) is 0 Å². The molecule has 1 fully saturated rings. The fourth-order valence-electron chi connectivity index (χ4n) is 4.14. The molecule has 0 spiro atoms. The van der Waals surface area contributed by atoms with Crippen molar-refractivity contribution in [1.29, 1.82) is 0 Å². The summed E-state index contributed by atoms with van der Waals surface area (Å²) < 4.78 is 5.53. The molecule has 4 nitrogen and oxygen atoms in total. The van der Waals surface area contributed by atoms with Gasteiger partial charge in [-0.25, -0.2) is 0 Å². The van der Waals surface area contributed by atoms with Crippen LogP contribution in [0.4, 0.5) is 0 Å². The number of hydrogen-bond acceptors (Lipinski definition) is 3. The van der Waals surface area contributed by atoms with Crippen LogP contribution in [0.1, 0.15) is 81.6 Å². The highest BCUT2D eigenvalue weighted by atomic mass is 16.5. The molecule has 0 radical (unpaired) electrons. The summed E-state index contributed by atoms with van der Waals surface area (Å²) in [6.07, 6.45) is 7.44. The van der Waals surface area contributed by atoms with Gasteiger partial charge in [0.05, 0.1) is 0 Å². The standard InChI is InChI=1S/C19H30N2O2/c1-5-14-8-6-7-11-21(14)18(22)17-15-12-13(19(2,3)4)9-10-16(15)23-20-17/h13-14H,5-12H2,1-4H3. The number of fused-ring (bicyclic) bond motifs is 1. The second-order valence-electron chi connectivity index (χ2n) is 8.30. The van der Waals surface area contributed by atoms with E-state index in [9.17, 15) is 4.79 Å². The topological polar surface area (TPSA) is 46.3 Å². The minimum Gasteiger partial charge on any atom is -0.360 e. The lowest BCUT2D eigenvalue weighted by Gasteiger charge is -2.36.